The van der Waals surface area contributed by atoms with Crippen LogP contribution in [-0.4, -0.2) is 19.1 Å². The van der Waals surface area contributed by atoms with E-state index >= 15 is 0 Å². The summed E-state index contributed by atoms with van der Waals surface area (Å²) in [6.07, 6.45) is 4.27. The highest BCUT2D eigenvalue weighted by Gasteiger charge is 2.18. The molecule has 1 rings (SSSR count). The van der Waals surface area contributed by atoms with Gasteiger partial charge in [0.1, 0.15) is 0 Å². The molecule has 1 aromatic rings. The Kier molecular flexibility index (Phi) is 9.36. The van der Waals surface area contributed by atoms with E-state index in [1.165, 1.54) is 7.11 Å². The Labute approximate surface area is 101 Å². The number of H-pyrrole nitrogens is 1. The summed E-state index contributed by atoms with van der Waals surface area (Å²) in [6.45, 7) is 0. The maximum atomic E-state index is 11.0. The molecule has 1 heterocycles. The topological polar surface area (TPSA) is 68.1 Å². The number of aromatic amines is 1. The number of nitrogens with one attached hydrogen (secondary N) is 1. The average molecular weight is 253 g/mol. The highest BCUT2D eigenvalue weighted by atomic mass is 35.5. The normalized spacial score (nSPS) is 10.5. The highest BCUT2D eigenvalue weighted by molar-refractivity contribution is 5.74. The van der Waals surface area contributed by atoms with Crippen molar-refractivity contribution in [1.82, 2.24) is 0 Å². The van der Waals surface area contributed by atoms with Crippen LogP contribution in [0.3, 0.4) is 0 Å². The molecule has 0 bridgehead atoms. The minimum Gasteiger partial charge on any atom is -1.00 e. The molecule has 0 fully saturated rings. The standard InChI is InChI=1S/C9H12N2O2.2ClH/c1-13-9(12)8(10)5-7-3-2-4-11-6-7;;/h2-4,6,8H,5,10H2,1H3;2*1H/t8-;;/m1../s1. The Morgan fingerprint density at radius 3 is 2.73 bits per heavy atom. The van der Waals surface area contributed by atoms with Crippen LogP contribution in [0.4, 0.5) is 0 Å². The first-order chi connectivity index (χ1) is 6.24. The van der Waals surface area contributed by atoms with Crippen molar-refractivity contribution in [1.29, 1.82) is 0 Å². The van der Waals surface area contributed by atoms with Gasteiger partial charge in [0, 0.05) is 18.1 Å². The number of hydrogen-bond donors (Lipinski definition) is 1. The number of ether oxygens (including phenoxy) is 1. The van der Waals surface area contributed by atoms with Crippen LogP contribution >= 0.6 is 0 Å². The fourth-order valence-corrected chi connectivity index (χ4v) is 1.09. The van der Waals surface area contributed by atoms with Gasteiger partial charge in [0.2, 0.25) is 0 Å². The summed E-state index contributed by atoms with van der Waals surface area (Å²) in [4.78, 5) is 14.0. The van der Waals surface area contributed by atoms with E-state index in [0.29, 0.717) is 6.42 Å². The number of methoxy groups -OCH3 is 1. The van der Waals surface area contributed by atoms with Gasteiger partial charge in [0.15, 0.2) is 18.4 Å². The molecule has 0 aliphatic heterocycles. The predicted molar refractivity (Wildman–Crippen MR) is 45.4 cm³/mol. The van der Waals surface area contributed by atoms with Crippen LogP contribution in [0.15, 0.2) is 24.5 Å². The number of esters is 1. The Hall–Kier alpha value is -0.840. The quantitative estimate of drug-likeness (QED) is 0.544. The maximum Gasteiger partial charge on any atom is 0.364 e. The van der Waals surface area contributed by atoms with Gasteiger partial charge in [-0.05, 0) is 6.07 Å². The fraction of sp³-hybridized carbons (Fsp3) is 0.333. The summed E-state index contributed by atoms with van der Waals surface area (Å²) in [5.41, 5.74) is 4.76. The Balaban J connectivity index is 0. The molecule has 0 aliphatic rings. The van der Waals surface area contributed by atoms with Crippen LogP contribution in [0.25, 0.3) is 0 Å². The zero-order valence-electron chi connectivity index (χ0n) is 8.37. The number of quaternary nitrogens is 1. The third-order valence-corrected chi connectivity index (χ3v) is 1.79. The summed E-state index contributed by atoms with van der Waals surface area (Å²) in [5.74, 6) is -0.274. The second-order valence-corrected chi connectivity index (χ2v) is 2.84. The minimum absolute atomic E-state index is 0. The number of carbonyl (C=O) groups excluding carboxylic acids is 1. The zero-order valence-corrected chi connectivity index (χ0v) is 9.89. The van der Waals surface area contributed by atoms with Crippen molar-refractivity contribution in [3.05, 3.63) is 30.1 Å². The predicted octanol–water partition coefficient (Wildman–Crippen LogP) is -7.17. The summed E-state index contributed by atoms with van der Waals surface area (Å²) in [5, 5.41) is 0. The molecule has 0 radical (unpaired) electrons. The van der Waals surface area contributed by atoms with Crippen LogP contribution in [0.2, 0.25) is 0 Å². The second-order valence-electron chi connectivity index (χ2n) is 2.84. The maximum absolute atomic E-state index is 11.0. The van der Waals surface area contributed by atoms with E-state index in [-0.39, 0.29) is 36.8 Å². The molecule has 0 saturated heterocycles. The molecular weight excluding hydrogens is 239 g/mol. The molecule has 1 aromatic heterocycles. The van der Waals surface area contributed by atoms with E-state index in [1.807, 2.05) is 24.5 Å². The molecular formula is C9H14Cl2N2O2. The number of pyridine rings is 1. The van der Waals surface area contributed by atoms with E-state index < -0.39 is 0 Å². The number of carbonyl (C=O) groups is 1. The van der Waals surface area contributed by atoms with Crippen molar-refractivity contribution >= 4 is 5.97 Å². The van der Waals surface area contributed by atoms with E-state index in [1.54, 1.807) is 0 Å². The Morgan fingerprint density at radius 2 is 2.27 bits per heavy atom. The van der Waals surface area contributed by atoms with Crippen molar-refractivity contribution in [2.24, 2.45) is 0 Å². The molecule has 4 nitrogen and oxygen atoms in total. The monoisotopic (exact) mass is 252 g/mol. The van der Waals surface area contributed by atoms with E-state index in [0.717, 1.165) is 5.56 Å². The lowest BCUT2D eigenvalue weighted by Gasteiger charge is -2.03. The van der Waals surface area contributed by atoms with E-state index in [9.17, 15) is 4.79 Å². The Morgan fingerprint density at radius 1 is 1.60 bits per heavy atom. The third-order valence-electron chi connectivity index (χ3n) is 1.79. The molecule has 0 aliphatic carbocycles. The van der Waals surface area contributed by atoms with Gasteiger partial charge in [-0.3, -0.25) is 0 Å². The number of halogens is 2. The van der Waals surface area contributed by atoms with Crippen LogP contribution in [0, 0.1) is 0 Å². The van der Waals surface area contributed by atoms with Crippen LogP contribution in [0.5, 0.6) is 0 Å². The first-order valence-corrected chi connectivity index (χ1v) is 4.10. The molecule has 6 heteroatoms. The summed E-state index contributed by atoms with van der Waals surface area (Å²) < 4.78 is 4.57. The van der Waals surface area contributed by atoms with Crippen molar-refractivity contribution in [3.63, 3.8) is 0 Å². The zero-order chi connectivity index (χ0) is 9.68. The summed E-state index contributed by atoms with van der Waals surface area (Å²) in [6, 6.07) is 3.50. The van der Waals surface area contributed by atoms with Crippen molar-refractivity contribution < 1.29 is 45.1 Å². The molecule has 0 spiro atoms. The second kappa shape index (κ2) is 8.47. The fourth-order valence-electron chi connectivity index (χ4n) is 1.09. The molecule has 15 heavy (non-hydrogen) atoms. The van der Waals surface area contributed by atoms with E-state index in [4.69, 9.17) is 0 Å². The molecule has 1 atom stereocenters. The molecule has 0 aromatic carbocycles. The molecule has 0 amide bonds. The average Bonchev–Trinajstić information content (AvgIpc) is 2.18. The number of rotatable bonds is 3. The Bertz CT molecular complexity index is 283. The lowest BCUT2D eigenvalue weighted by Crippen LogP contribution is -3.00. The van der Waals surface area contributed by atoms with Crippen LogP contribution < -0.4 is 35.5 Å². The van der Waals surface area contributed by atoms with Crippen LogP contribution in [0.1, 0.15) is 5.56 Å². The van der Waals surface area contributed by atoms with Gasteiger partial charge in [-0.1, -0.05) is 0 Å². The van der Waals surface area contributed by atoms with Crippen molar-refractivity contribution in [2.45, 2.75) is 12.5 Å². The van der Waals surface area contributed by atoms with Gasteiger partial charge >= 0.3 is 5.97 Å². The lowest BCUT2D eigenvalue weighted by molar-refractivity contribution is -0.409. The SMILES string of the molecule is COC(=O)[C@H]([NH3+])Cc1ccc[nH+]c1.[Cl-].[Cl-]. The number of aromatic nitrogens is 1. The van der Waals surface area contributed by atoms with Gasteiger partial charge in [-0.25, -0.2) is 9.78 Å². The molecule has 4 N–H and O–H groups in total. The molecule has 0 saturated carbocycles. The van der Waals surface area contributed by atoms with Crippen molar-refractivity contribution in [3.8, 4) is 0 Å². The van der Waals surface area contributed by atoms with Gasteiger partial charge in [0.25, 0.3) is 0 Å². The lowest BCUT2D eigenvalue weighted by atomic mass is 10.1. The molecule has 86 valence electrons. The largest absolute Gasteiger partial charge is 1.00 e. The van der Waals surface area contributed by atoms with Crippen molar-refractivity contribution in [2.75, 3.05) is 7.11 Å². The summed E-state index contributed by atoms with van der Waals surface area (Å²) >= 11 is 0. The van der Waals surface area contributed by atoms with Crippen LogP contribution in [-0.2, 0) is 16.0 Å². The van der Waals surface area contributed by atoms with Gasteiger partial charge in [-0.15, -0.1) is 0 Å². The first-order valence-electron chi connectivity index (χ1n) is 4.10. The van der Waals surface area contributed by atoms with Gasteiger partial charge in [-0.2, -0.15) is 0 Å². The first kappa shape index (κ1) is 16.6. The number of hydrogen-bond acceptors (Lipinski definition) is 2. The third kappa shape index (κ3) is 5.57. The highest BCUT2D eigenvalue weighted by Crippen LogP contribution is 1.97. The van der Waals surface area contributed by atoms with Gasteiger partial charge < -0.3 is 35.3 Å². The molecule has 0 unspecified atom stereocenters. The summed E-state index contributed by atoms with van der Waals surface area (Å²) in [7, 11) is 1.37. The van der Waals surface area contributed by atoms with E-state index in [2.05, 4.69) is 15.5 Å². The smallest absolute Gasteiger partial charge is 0.364 e. The minimum atomic E-state index is -0.333. The van der Waals surface area contributed by atoms with Gasteiger partial charge in [0.05, 0.1) is 7.11 Å².